The lowest BCUT2D eigenvalue weighted by atomic mass is 10.3. The molecule has 1 aromatic heterocycles. The van der Waals surface area contributed by atoms with E-state index in [0.717, 1.165) is 11.4 Å². The first-order chi connectivity index (χ1) is 8.54. The van der Waals surface area contributed by atoms with E-state index in [0.29, 0.717) is 11.3 Å². The number of rotatable bonds is 5. The van der Waals surface area contributed by atoms with Crippen molar-refractivity contribution in [3.63, 3.8) is 0 Å². The number of nitrogens with two attached hydrogens (primary N) is 1. The number of thiophene rings is 1. The second-order valence-electron chi connectivity index (χ2n) is 3.44. The van der Waals surface area contributed by atoms with Crippen LogP contribution in [0.2, 0.25) is 0 Å². The van der Waals surface area contributed by atoms with Crippen LogP contribution < -0.4 is 10.5 Å². The summed E-state index contributed by atoms with van der Waals surface area (Å²) < 4.78 is 70.2. The predicted molar refractivity (Wildman–Crippen MR) is 59.0 cm³/mol. The molecule has 0 aromatic carbocycles. The summed E-state index contributed by atoms with van der Waals surface area (Å²) in [4.78, 5) is 11.3. The van der Waals surface area contributed by atoms with Gasteiger partial charge >= 0.3 is 12.3 Å². The maximum atomic E-state index is 12.5. The van der Waals surface area contributed by atoms with Crippen LogP contribution in [0.15, 0.2) is 15.7 Å². The number of primary sulfonamides is 1. The van der Waals surface area contributed by atoms with Crippen LogP contribution in [-0.2, 0) is 10.0 Å². The van der Waals surface area contributed by atoms with E-state index in [2.05, 4.69) is 0 Å². The van der Waals surface area contributed by atoms with Crippen molar-refractivity contribution in [3.8, 4) is 0 Å². The maximum absolute atomic E-state index is 12.5. The first kappa shape index (κ1) is 15.9. The highest BCUT2D eigenvalue weighted by Gasteiger charge is 2.40. The fourth-order valence-electron chi connectivity index (χ4n) is 0.962. The van der Waals surface area contributed by atoms with E-state index >= 15 is 0 Å². The number of nitrogens with one attached hydrogen (secondary N) is 1. The van der Waals surface area contributed by atoms with Crippen LogP contribution >= 0.6 is 11.3 Å². The lowest BCUT2D eigenvalue weighted by molar-refractivity contribution is -0.123. The monoisotopic (exact) mass is 320 g/mol. The molecule has 19 heavy (non-hydrogen) atoms. The second-order valence-corrected chi connectivity index (χ2v) is 6.14. The zero-order valence-corrected chi connectivity index (χ0v) is 10.7. The zero-order chi connectivity index (χ0) is 14.8. The molecule has 0 aliphatic carbocycles. The van der Waals surface area contributed by atoms with Gasteiger partial charge in [0.1, 0.15) is 4.21 Å². The molecule has 1 heterocycles. The zero-order valence-electron chi connectivity index (χ0n) is 9.07. The average Bonchev–Trinajstić information content (AvgIpc) is 2.74. The van der Waals surface area contributed by atoms with Gasteiger partial charge in [-0.15, -0.1) is 11.3 Å². The Morgan fingerprint density at radius 1 is 1.47 bits per heavy atom. The number of alkyl halides is 4. The Morgan fingerprint density at radius 3 is 2.47 bits per heavy atom. The molecule has 5 nitrogen and oxygen atoms in total. The van der Waals surface area contributed by atoms with Crippen LogP contribution in [0.3, 0.4) is 0 Å². The summed E-state index contributed by atoms with van der Waals surface area (Å²) in [6, 6.07) is 0.871. The molecule has 0 unspecified atom stereocenters. The molecule has 108 valence electrons. The van der Waals surface area contributed by atoms with E-state index in [-0.39, 0.29) is 9.77 Å². The smallest absolute Gasteiger partial charge is 0.324 e. The molecule has 0 bridgehead atoms. The molecule has 1 rings (SSSR count). The van der Waals surface area contributed by atoms with Gasteiger partial charge in [0, 0.05) is 5.38 Å². The summed E-state index contributed by atoms with van der Waals surface area (Å²) in [5.41, 5.74) is -0.251. The number of carbonyl (C=O) groups excluding carboxylic acids is 1. The normalized spacial score (nSPS) is 12.7. The highest BCUT2D eigenvalue weighted by atomic mass is 32.2. The maximum Gasteiger partial charge on any atom is 0.324 e. The SMILES string of the molecule is NS(=O)(=O)c1cc(C(=O)NCC(F)(F)C(F)F)cs1. The Morgan fingerprint density at radius 2 is 2.05 bits per heavy atom. The third-order valence-electron chi connectivity index (χ3n) is 1.92. The summed E-state index contributed by atoms with van der Waals surface area (Å²) in [7, 11) is -4.00. The van der Waals surface area contributed by atoms with Crippen molar-refractivity contribution in [2.75, 3.05) is 6.54 Å². The fraction of sp³-hybridized carbons (Fsp3) is 0.375. The van der Waals surface area contributed by atoms with Crippen molar-refractivity contribution in [2.45, 2.75) is 16.6 Å². The Kier molecular flexibility index (Phi) is 4.53. The summed E-state index contributed by atoms with van der Waals surface area (Å²) in [6.45, 7) is -1.55. The van der Waals surface area contributed by atoms with Gasteiger partial charge in [-0.3, -0.25) is 4.79 Å². The first-order valence-corrected chi connectivity index (χ1v) is 7.02. The van der Waals surface area contributed by atoms with Crippen LogP contribution in [0.25, 0.3) is 0 Å². The van der Waals surface area contributed by atoms with E-state index < -0.39 is 34.8 Å². The number of sulfonamides is 1. The largest absolute Gasteiger partial charge is 0.346 e. The summed E-state index contributed by atoms with van der Waals surface area (Å²) in [6.07, 6.45) is -3.91. The van der Waals surface area contributed by atoms with Gasteiger partial charge in [-0.1, -0.05) is 0 Å². The van der Waals surface area contributed by atoms with Crippen LogP contribution in [0.1, 0.15) is 10.4 Å². The van der Waals surface area contributed by atoms with Crippen molar-refractivity contribution in [2.24, 2.45) is 5.14 Å². The van der Waals surface area contributed by atoms with Gasteiger partial charge in [-0.2, -0.15) is 8.78 Å². The van der Waals surface area contributed by atoms with E-state index in [1.54, 1.807) is 5.32 Å². The summed E-state index contributed by atoms with van der Waals surface area (Å²) >= 11 is 0.615. The molecule has 0 atom stereocenters. The molecule has 0 radical (unpaired) electrons. The predicted octanol–water partition coefficient (Wildman–Crippen LogP) is 1.03. The van der Waals surface area contributed by atoms with Gasteiger partial charge in [0.15, 0.2) is 0 Å². The van der Waals surface area contributed by atoms with Crippen LogP contribution in [0.4, 0.5) is 17.6 Å². The van der Waals surface area contributed by atoms with Gasteiger partial charge in [-0.25, -0.2) is 22.3 Å². The van der Waals surface area contributed by atoms with E-state index in [1.165, 1.54) is 0 Å². The number of carbonyl (C=O) groups is 1. The average molecular weight is 320 g/mol. The van der Waals surface area contributed by atoms with Crippen LogP contribution in [0.5, 0.6) is 0 Å². The molecule has 11 heteroatoms. The number of amides is 1. The molecule has 1 amide bonds. The lowest BCUT2D eigenvalue weighted by Crippen LogP contribution is -2.41. The summed E-state index contributed by atoms with van der Waals surface area (Å²) in [5, 5.41) is 7.44. The molecule has 0 saturated carbocycles. The van der Waals surface area contributed by atoms with Crippen molar-refractivity contribution in [1.29, 1.82) is 0 Å². The van der Waals surface area contributed by atoms with E-state index in [9.17, 15) is 30.8 Å². The Balaban J connectivity index is 2.73. The number of hydrogen-bond acceptors (Lipinski definition) is 4. The highest BCUT2D eigenvalue weighted by Crippen LogP contribution is 2.22. The van der Waals surface area contributed by atoms with Crippen molar-refractivity contribution in [3.05, 3.63) is 17.0 Å². The second kappa shape index (κ2) is 5.43. The topological polar surface area (TPSA) is 89.3 Å². The van der Waals surface area contributed by atoms with E-state index in [1.807, 2.05) is 0 Å². The molecule has 0 saturated heterocycles. The third-order valence-corrected chi connectivity index (χ3v) is 4.31. The molecule has 3 N–H and O–H groups in total. The minimum Gasteiger partial charge on any atom is -0.346 e. The number of halogens is 4. The quantitative estimate of drug-likeness (QED) is 0.794. The third kappa shape index (κ3) is 4.14. The van der Waals surface area contributed by atoms with E-state index in [4.69, 9.17) is 5.14 Å². The van der Waals surface area contributed by atoms with Gasteiger partial charge in [-0.05, 0) is 6.07 Å². The minimum absolute atomic E-state index is 0.251. The van der Waals surface area contributed by atoms with Gasteiger partial charge < -0.3 is 5.32 Å². The molecule has 0 aliphatic rings. The molecular formula is C8H8F4N2O3S2. The molecular weight excluding hydrogens is 312 g/mol. The Hall–Kier alpha value is -1.20. The Bertz CT molecular complexity index is 570. The first-order valence-electron chi connectivity index (χ1n) is 4.59. The minimum atomic E-state index is -4.35. The number of hydrogen-bond donors (Lipinski definition) is 2. The highest BCUT2D eigenvalue weighted by molar-refractivity contribution is 7.91. The summed E-state index contributed by atoms with van der Waals surface area (Å²) in [5.74, 6) is -5.44. The van der Waals surface area contributed by atoms with Crippen molar-refractivity contribution < 1.29 is 30.8 Å². The van der Waals surface area contributed by atoms with Crippen LogP contribution in [-0.4, -0.2) is 33.2 Å². The van der Waals surface area contributed by atoms with Gasteiger partial charge in [0.25, 0.3) is 5.91 Å². The standard InChI is InChI=1S/C8H8F4N2O3S2/c9-7(10)8(11,12)3-14-6(15)4-1-5(18-2-4)19(13,16)17/h1-2,7H,3H2,(H,14,15)(H2,13,16,17). The molecule has 1 aromatic rings. The Labute approximate surface area is 109 Å². The molecule has 0 aliphatic heterocycles. The van der Waals surface area contributed by atoms with Gasteiger partial charge in [0.2, 0.25) is 10.0 Å². The van der Waals surface area contributed by atoms with Gasteiger partial charge in [0.05, 0.1) is 12.1 Å². The van der Waals surface area contributed by atoms with Crippen molar-refractivity contribution >= 4 is 27.3 Å². The molecule has 0 spiro atoms. The lowest BCUT2D eigenvalue weighted by Gasteiger charge is -2.15. The van der Waals surface area contributed by atoms with Crippen LogP contribution in [0, 0.1) is 0 Å². The fourth-order valence-corrected chi connectivity index (χ4v) is 2.55. The van der Waals surface area contributed by atoms with Crippen molar-refractivity contribution in [1.82, 2.24) is 5.32 Å². The molecule has 0 fully saturated rings.